The zero-order valence-corrected chi connectivity index (χ0v) is 17.2. The molecule has 2 amide bonds. The van der Waals surface area contributed by atoms with Crippen molar-refractivity contribution in [3.8, 4) is 22.9 Å². The predicted molar refractivity (Wildman–Crippen MR) is 108 cm³/mol. The topological polar surface area (TPSA) is 110 Å². The van der Waals surface area contributed by atoms with E-state index in [-0.39, 0.29) is 37.5 Å². The Hall–Kier alpha value is -3.43. The van der Waals surface area contributed by atoms with Crippen molar-refractivity contribution in [1.82, 2.24) is 20.0 Å². The van der Waals surface area contributed by atoms with E-state index in [4.69, 9.17) is 14.0 Å². The molecule has 10 nitrogen and oxygen atoms in total. The van der Waals surface area contributed by atoms with Gasteiger partial charge in [-0.2, -0.15) is 10.1 Å². The van der Waals surface area contributed by atoms with E-state index in [9.17, 15) is 9.59 Å². The second kappa shape index (κ2) is 8.01. The van der Waals surface area contributed by atoms with Gasteiger partial charge in [-0.15, -0.1) is 0 Å². The number of nitrogens with zero attached hydrogens (tertiary/aromatic N) is 5. The van der Waals surface area contributed by atoms with E-state index in [0.717, 1.165) is 31.5 Å². The van der Waals surface area contributed by atoms with Crippen LogP contribution in [0.5, 0.6) is 11.5 Å². The number of carbonyl (C=O) groups is 2. The van der Waals surface area contributed by atoms with Gasteiger partial charge >= 0.3 is 0 Å². The summed E-state index contributed by atoms with van der Waals surface area (Å²) in [5, 5.41) is 9.62. The van der Waals surface area contributed by atoms with E-state index in [0.29, 0.717) is 35.4 Å². The third-order valence-electron chi connectivity index (χ3n) is 5.70. The maximum atomic E-state index is 12.7. The maximum Gasteiger partial charge on any atom is 0.274 e. The van der Waals surface area contributed by atoms with Crippen LogP contribution in [-0.2, 0) is 9.59 Å². The summed E-state index contributed by atoms with van der Waals surface area (Å²) < 4.78 is 16.1. The van der Waals surface area contributed by atoms with Crippen LogP contribution in [-0.4, -0.2) is 64.0 Å². The van der Waals surface area contributed by atoms with Gasteiger partial charge in [0.2, 0.25) is 24.4 Å². The number of ether oxygens (including phenoxy) is 2. The molecule has 1 atom stereocenters. The van der Waals surface area contributed by atoms with E-state index in [2.05, 4.69) is 22.2 Å². The molecule has 162 valence electrons. The van der Waals surface area contributed by atoms with Crippen molar-refractivity contribution in [2.45, 2.75) is 32.6 Å². The first-order chi connectivity index (χ1) is 15.1. The third-order valence-corrected chi connectivity index (χ3v) is 5.70. The Bertz CT molecular complexity index is 1050. The number of fused-ring (bicyclic) bond motifs is 1. The molecule has 1 aromatic carbocycles. The summed E-state index contributed by atoms with van der Waals surface area (Å²) in [5.74, 6) is 2.13. The number of rotatable bonds is 4. The van der Waals surface area contributed by atoms with Gasteiger partial charge in [0.05, 0.1) is 0 Å². The molecule has 3 aliphatic rings. The minimum Gasteiger partial charge on any atom is -0.454 e. The number of hydrogen-bond acceptors (Lipinski definition) is 8. The summed E-state index contributed by atoms with van der Waals surface area (Å²) in [4.78, 5) is 31.3. The quantitative estimate of drug-likeness (QED) is 0.737. The normalized spacial score (nSPS) is 20.7. The maximum absolute atomic E-state index is 12.7. The molecule has 10 heteroatoms. The molecule has 2 aromatic rings. The molecule has 1 saturated heterocycles. The second-order valence-electron chi connectivity index (χ2n) is 8.08. The molecule has 4 heterocycles. The number of amides is 2. The van der Waals surface area contributed by atoms with Gasteiger partial charge in [0, 0.05) is 31.5 Å². The minimum absolute atomic E-state index is 0.0712. The third kappa shape index (κ3) is 3.97. The van der Waals surface area contributed by atoms with Crippen LogP contribution < -0.4 is 9.47 Å². The molecule has 1 fully saturated rings. The molecule has 0 radical (unpaired) electrons. The van der Waals surface area contributed by atoms with Crippen molar-refractivity contribution in [3.05, 3.63) is 24.1 Å². The fourth-order valence-electron chi connectivity index (χ4n) is 4.02. The molecule has 31 heavy (non-hydrogen) atoms. The zero-order chi connectivity index (χ0) is 21.4. The van der Waals surface area contributed by atoms with Crippen molar-refractivity contribution in [2.75, 3.05) is 26.4 Å². The highest BCUT2D eigenvalue weighted by atomic mass is 16.7. The van der Waals surface area contributed by atoms with Crippen LogP contribution in [0.4, 0.5) is 0 Å². The molecule has 0 aliphatic carbocycles. The monoisotopic (exact) mass is 425 g/mol. The van der Waals surface area contributed by atoms with Gasteiger partial charge in [-0.3, -0.25) is 9.59 Å². The molecule has 0 saturated carbocycles. The Labute approximate surface area is 178 Å². The SMILES string of the molecule is CC1CCCN(C(=O)CN2N=C(c3nc(-c4ccc5c(c4)OCO5)no3)CCC2=O)C1. The predicted octanol–water partition coefficient (Wildman–Crippen LogP) is 2.05. The molecule has 0 N–H and O–H groups in total. The Morgan fingerprint density at radius 2 is 2.10 bits per heavy atom. The van der Waals surface area contributed by atoms with Crippen molar-refractivity contribution >= 4 is 17.5 Å². The highest BCUT2D eigenvalue weighted by Gasteiger charge is 2.29. The number of carbonyl (C=O) groups excluding carboxylic acids is 2. The largest absolute Gasteiger partial charge is 0.454 e. The molecular formula is C21H23N5O5. The minimum atomic E-state index is -0.183. The molecule has 1 aromatic heterocycles. The second-order valence-corrected chi connectivity index (χ2v) is 8.08. The van der Waals surface area contributed by atoms with E-state index >= 15 is 0 Å². The van der Waals surface area contributed by atoms with Crippen LogP contribution in [0.1, 0.15) is 38.5 Å². The van der Waals surface area contributed by atoms with Crippen LogP contribution in [0.25, 0.3) is 11.4 Å². The summed E-state index contributed by atoms with van der Waals surface area (Å²) in [6.45, 7) is 3.70. The van der Waals surface area contributed by atoms with Crippen LogP contribution in [0, 0.1) is 5.92 Å². The average Bonchev–Trinajstić information content (AvgIpc) is 3.44. The fourth-order valence-corrected chi connectivity index (χ4v) is 4.02. The zero-order valence-electron chi connectivity index (χ0n) is 17.2. The molecule has 5 rings (SSSR count). The van der Waals surface area contributed by atoms with Gasteiger partial charge < -0.3 is 18.9 Å². The lowest BCUT2D eigenvalue weighted by atomic mass is 10.0. The first-order valence-electron chi connectivity index (χ1n) is 10.5. The van der Waals surface area contributed by atoms with Gasteiger partial charge in [0.25, 0.3) is 5.89 Å². The first-order valence-corrected chi connectivity index (χ1v) is 10.5. The fraction of sp³-hybridized carbons (Fsp3) is 0.476. The van der Waals surface area contributed by atoms with E-state index in [1.807, 2.05) is 11.0 Å². The summed E-state index contributed by atoms with van der Waals surface area (Å²) in [5.41, 5.74) is 1.22. The summed E-state index contributed by atoms with van der Waals surface area (Å²) >= 11 is 0. The lowest BCUT2D eigenvalue weighted by molar-refractivity contribution is -0.141. The van der Waals surface area contributed by atoms with Gasteiger partial charge in [0.15, 0.2) is 11.5 Å². The van der Waals surface area contributed by atoms with Crippen LogP contribution in [0.3, 0.4) is 0 Å². The number of piperidine rings is 1. The number of hydrazone groups is 1. The first kappa shape index (κ1) is 19.5. The molecular weight excluding hydrogens is 402 g/mol. The Morgan fingerprint density at radius 1 is 1.23 bits per heavy atom. The van der Waals surface area contributed by atoms with Crippen molar-refractivity contribution in [1.29, 1.82) is 0 Å². The smallest absolute Gasteiger partial charge is 0.274 e. The van der Waals surface area contributed by atoms with Gasteiger partial charge in [-0.25, -0.2) is 5.01 Å². The van der Waals surface area contributed by atoms with Crippen molar-refractivity contribution < 1.29 is 23.6 Å². The number of aromatic nitrogens is 2. The lowest BCUT2D eigenvalue weighted by Gasteiger charge is -2.32. The van der Waals surface area contributed by atoms with E-state index in [1.165, 1.54) is 5.01 Å². The van der Waals surface area contributed by atoms with E-state index in [1.54, 1.807) is 12.1 Å². The Kier molecular flexibility index (Phi) is 5.05. The standard InChI is InChI=1S/C21H23N5O5/c1-13-3-2-8-25(10-13)19(28)11-26-18(27)7-5-15(23-26)21-22-20(24-31-21)14-4-6-16-17(9-14)30-12-29-16/h4,6,9,13H,2-3,5,7-8,10-12H2,1H3. The van der Waals surface area contributed by atoms with E-state index < -0.39 is 0 Å². The van der Waals surface area contributed by atoms with Gasteiger partial charge in [-0.05, 0) is 37.0 Å². The molecule has 0 bridgehead atoms. The van der Waals surface area contributed by atoms with Crippen molar-refractivity contribution in [3.63, 3.8) is 0 Å². The number of likely N-dealkylation sites (tertiary alicyclic amines) is 1. The van der Waals surface area contributed by atoms with Crippen molar-refractivity contribution in [2.24, 2.45) is 11.0 Å². The van der Waals surface area contributed by atoms with Crippen LogP contribution in [0.15, 0.2) is 27.8 Å². The van der Waals surface area contributed by atoms with Crippen LogP contribution >= 0.6 is 0 Å². The van der Waals surface area contributed by atoms with Crippen LogP contribution in [0.2, 0.25) is 0 Å². The Morgan fingerprint density at radius 3 is 2.97 bits per heavy atom. The van der Waals surface area contributed by atoms with Gasteiger partial charge in [0.1, 0.15) is 12.3 Å². The number of benzene rings is 1. The molecule has 1 unspecified atom stereocenters. The highest BCUT2D eigenvalue weighted by Crippen LogP contribution is 2.35. The number of hydrogen-bond donors (Lipinski definition) is 0. The highest BCUT2D eigenvalue weighted by molar-refractivity contribution is 6.01. The summed E-state index contributed by atoms with van der Waals surface area (Å²) in [6, 6.07) is 5.39. The average molecular weight is 425 g/mol. The van der Waals surface area contributed by atoms with Gasteiger partial charge in [-0.1, -0.05) is 12.1 Å². The molecule has 3 aliphatic heterocycles. The lowest BCUT2D eigenvalue weighted by Crippen LogP contribution is -2.45. The Balaban J connectivity index is 1.32. The summed E-state index contributed by atoms with van der Waals surface area (Å²) in [7, 11) is 0. The summed E-state index contributed by atoms with van der Waals surface area (Å²) in [6.07, 6.45) is 2.73. The molecule has 0 spiro atoms.